The molecule has 1 heterocycles. The fourth-order valence-corrected chi connectivity index (χ4v) is 2.22. The van der Waals surface area contributed by atoms with Crippen LogP contribution < -0.4 is 5.73 Å². The molecule has 18 heavy (non-hydrogen) atoms. The molecule has 0 spiro atoms. The molecule has 0 aliphatic heterocycles. The van der Waals surface area contributed by atoms with Gasteiger partial charge in [-0.15, -0.1) is 10.2 Å². The van der Waals surface area contributed by atoms with Crippen LogP contribution in [0.5, 0.6) is 0 Å². The van der Waals surface area contributed by atoms with Gasteiger partial charge in [-0.1, -0.05) is 23.5 Å². The van der Waals surface area contributed by atoms with Gasteiger partial charge in [-0.2, -0.15) is 0 Å². The minimum atomic E-state index is -0.884. The Labute approximate surface area is 106 Å². The second kappa shape index (κ2) is 5.09. The first kappa shape index (κ1) is 12.4. The van der Waals surface area contributed by atoms with Gasteiger partial charge in [0.15, 0.2) is 16.1 Å². The summed E-state index contributed by atoms with van der Waals surface area (Å²) in [6, 6.07) is 6.27. The molecule has 94 valence electrons. The molecular formula is C11H10FN3O2S. The largest absolute Gasteiger partial charge is 0.439 e. The number of amides is 1. The monoisotopic (exact) mass is 267 g/mol. The molecule has 0 bridgehead atoms. The molecule has 7 heteroatoms. The Kier molecular flexibility index (Phi) is 3.52. The molecule has 0 saturated heterocycles. The van der Waals surface area contributed by atoms with Gasteiger partial charge >= 0.3 is 6.09 Å². The zero-order valence-corrected chi connectivity index (χ0v) is 10.3. The van der Waals surface area contributed by atoms with Crippen LogP contribution in [-0.4, -0.2) is 16.3 Å². The number of nitrogens with zero attached hydrogens (tertiary/aromatic N) is 2. The number of carbonyl (C=O) groups is 1. The van der Waals surface area contributed by atoms with Crippen molar-refractivity contribution >= 4 is 17.4 Å². The Morgan fingerprint density at radius 1 is 1.44 bits per heavy atom. The molecule has 1 amide bonds. The van der Waals surface area contributed by atoms with Crippen LogP contribution in [-0.2, 0) is 4.74 Å². The van der Waals surface area contributed by atoms with Crippen LogP contribution in [0.15, 0.2) is 24.3 Å². The maximum absolute atomic E-state index is 13.5. The Bertz CT molecular complexity index is 573. The van der Waals surface area contributed by atoms with Crippen molar-refractivity contribution in [3.05, 3.63) is 35.1 Å². The maximum Gasteiger partial charge on any atom is 0.405 e. The second-order valence-electron chi connectivity index (χ2n) is 3.50. The van der Waals surface area contributed by atoms with Crippen LogP contribution >= 0.6 is 11.3 Å². The molecule has 2 rings (SSSR count). The normalized spacial score (nSPS) is 12.1. The average molecular weight is 267 g/mol. The molecule has 0 fully saturated rings. The molecular weight excluding hydrogens is 257 g/mol. The lowest BCUT2D eigenvalue weighted by Crippen LogP contribution is -2.15. The summed E-state index contributed by atoms with van der Waals surface area (Å²) in [6.07, 6.45) is -1.48. The molecule has 5 nitrogen and oxygen atoms in total. The minimum Gasteiger partial charge on any atom is -0.439 e. The van der Waals surface area contributed by atoms with E-state index in [1.165, 1.54) is 6.07 Å². The van der Waals surface area contributed by atoms with Gasteiger partial charge < -0.3 is 10.5 Å². The maximum atomic E-state index is 13.5. The molecule has 1 aromatic carbocycles. The van der Waals surface area contributed by atoms with Gasteiger partial charge in [0, 0.05) is 5.56 Å². The smallest absolute Gasteiger partial charge is 0.405 e. The highest BCUT2D eigenvalue weighted by molar-refractivity contribution is 7.14. The third-order valence-electron chi connectivity index (χ3n) is 2.19. The lowest BCUT2D eigenvalue weighted by Gasteiger charge is -2.05. The van der Waals surface area contributed by atoms with Crippen molar-refractivity contribution in [3.63, 3.8) is 0 Å². The predicted octanol–water partition coefficient (Wildman–Crippen LogP) is 2.50. The van der Waals surface area contributed by atoms with E-state index in [1.54, 1.807) is 25.1 Å². The number of hydrogen-bond donors (Lipinski definition) is 1. The van der Waals surface area contributed by atoms with Gasteiger partial charge in [-0.05, 0) is 19.1 Å². The van der Waals surface area contributed by atoms with E-state index in [-0.39, 0.29) is 5.82 Å². The molecule has 0 aliphatic carbocycles. The summed E-state index contributed by atoms with van der Waals surface area (Å²) in [4.78, 5) is 10.6. The first-order valence-electron chi connectivity index (χ1n) is 5.12. The van der Waals surface area contributed by atoms with Gasteiger partial charge in [0.05, 0.1) is 0 Å². The molecule has 1 aromatic heterocycles. The van der Waals surface area contributed by atoms with Crippen molar-refractivity contribution in [1.82, 2.24) is 10.2 Å². The first-order chi connectivity index (χ1) is 8.58. The van der Waals surface area contributed by atoms with Gasteiger partial charge in [0.2, 0.25) is 0 Å². The van der Waals surface area contributed by atoms with E-state index in [2.05, 4.69) is 10.2 Å². The quantitative estimate of drug-likeness (QED) is 0.926. The second-order valence-corrected chi connectivity index (χ2v) is 4.51. The van der Waals surface area contributed by atoms with E-state index >= 15 is 0 Å². The number of halogens is 1. The summed E-state index contributed by atoms with van der Waals surface area (Å²) in [5, 5.41) is 8.63. The third-order valence-corrected chi connectivity index (χ3v) is 3.30. The number of rotatable bonds is 3. The van der Waals surface area contributed by atoms with Gasteiger partial charge in [0.25, 0.3) is 0 Å². The van der Waals surface area contributed by atoms with E-state index in [1.807, 2.05) is 0 Å². The molecule has 1 atom stereocenters. The average Bonchev–Trinajstić information content (AvgIpc) is 2.78. The topological polar surface area (TPSA) is 78.1 Å². The Morgan fingerprint density at radius 2 is 2.17 bits per heavy atom. The standard InChI is InChI=1S/C11H10FN3O2S/c1-6(17-11(13)16)9-14-15-10(18-9)7-4-2-3-5-8(7)12/h2-6H,1H3,(H2,13,16)/t6-/m1/s1. The summed E-state index contributed by atoms with van der Waals surface area (Å²) in [6.45, 7) is 1.62. The summed E-state index contributed by atoms with van der Waals surface area (Å²) < 4.78 is 18.3. The van der Waals surface area contributed by atoms with Gasteiger partial charge in [-0.25, -0.2) is 9.18 Å². The van der Waals surface area contributed by atoms with Crippen LogP contribution in [0.1, 0.15) is 18.0 Å². The summed E-state index contributed by atoms with van der Waals surface area (Å²) in [7, 11) is 0. The van der Waals surface area contributed by atoms with E-state index in [0.717, 1.165) is 11.3 Å². The number of benzene rings is 1. The van der Waals surface area contributed by atoms with E-state index in [0.29, 0.717) is 15.6 Å². The summed E-state index contributed by atoms with van der Waals surface area (Å²) in [5.74, 6) is -0.372. The fourth-order valence-electron chi connectivity index (χ4n) is 1.37. The predicted molar refractivity (Wildman–Crippen MR) is 64.4 cm³/mol. The Balaban J connectivity index is 2.26. The molecule has 0 radical (unpaired) electrons. The molecule has 0 aliphatic rings. The third kappa shape index (κ3) is 2.62. The highest BCUT2D eigenvalue weighted by Crippen LogP contribution is 2.29. The molecule has 2 aromatic rings. The molecule has 2 N–H and O–H groups in total. The van der Waals surface area contributed by atoms with Crippen LogP contribution in [0.4, 0.5) is 9.18 Å². The van der Waals surface area contributed by atoms with Gasteiger partial charge in [-0.3, -0.25) is 0 Å². The number of nitrogens with two attached hydrogens (primary N) is 1. The van der Waals surface area contributed by atoms with Crippen molar-refractivity contribution in [2.24, 2.45) is 5.73 Å². The molecule has 0 saturated carbocycles. The number of primary amides is 1. The number of ether oxygens (including phenoxy) is 1. The van der Waals surface area contributed by atoms with Crippen molar-refractivity contribution in [2.75, 3.05) is 0 Å². The number of aromatic nitrogens is 2. The van der Waals surface area contributed by atoms with Crippen molar-refractivity contribution in [3.8, 4) is 10.6 Å². The van der Waals surface area contributed by atoms with E-state index in [4.69, 9.17) is 10.5 Å². The number of hydrogen-bond acceptors (Lipinski definition) is 5. The van der Waals surface area contributed by atoms with Crippen LogP contribution in [0.2, 0.25) is 0 Å². The SMILES string of the molecule is C[C@@H](OC(N)=O)c1nnc(-c2ccccc2F)s1. The minimum absolute atomic E-state index is 0.368. The summed E-state index contributed by atoms with van der Waals surface area (Å²) in [5.41, 5.74) is 5.28. The van der Waals surface area contributed by atoms with E-state index in [9.17, 15) is 9.18 Å². The number of carbonyl (C=O) groups excluding carboxylic acids is 1. The Hall–Kier alpha value is -2.02. The van der Waals surface area contributed by atoms with Crippen molar-refractivity contribution in [1.29, 1.82) is 0 Å². The van der Waals surface area contributed by atoms with Crippen molar-refractivity contribution in [2.45, 2.75) is 13.0 Å². The Morgan fingerprint density at radius 3 is 2.83 bits per heavy atom. The van der Waals surface area contributed by atoms with Crippen LogP contribution in [0.3, 0.4) is 0 Å². The zero-order chi connectivity index (χ0) is 13.1. The highest BCUT2D eigenvalue weighted by Gasteiger charge is 2.17. The summed E-state index contributed by atoms with van der Waals surface area (Å²) >= 11 is 1.16. The highest BCUT2D eigenvalue weighted by atomic mass is 32.1. The fraction of sp³-hybridized carbons (Fsp3) is 0.182. The lowest BCUT2D eigenvalue weighted by atomic mass is 10.2. The molecule has 0 unspecified atom stereocenters. The lowest BCUT2D eigenvalue weighted by molar-refractivity contribution is 0.116. The van der Waals surface area contributed by atoms with Gasteiger partial charge in [0.1, 0.15) is 5.82 Å². The van der Waals surface area contributed by atoms with Crippen LogP contribution in [0, 0.1) is 5.82 Å². The van der Waals surface area contributed by atoms with Crippen molar-refractivity contribution < 1.29 is 13.9 Å². The zero-order valence-electron chi connectivity index (χ0n) is 9.46. The van der Waals surface area contributed by atoms with Crippen LogP contribution in [0.25, 0.3) is 10.6 Å². The van der Waals surface area contributed by atoms with E-state index < -0.39 is 12.2 Å². The first-order valence-corrected chi connectivity index (χ1v) is 5.94.